The molecule has 2 N–H and O–H groups in total. The normalized spacial score (nSPS) is 11.2. The molecule has 0 rings (SSSR count). The lowest BCUT2D eigenvalue weighted by Crippen LogP contribution is -2.17. The van der Waals surface area contributed by atoms with Crippen LogP contribution in [0.25, 0.3) is 0 Å². The van der Waals surface area contributed by atoms with Gasteiger partial charge in [-0.25, -0.2) is 0 Å². The number of nitrogens with zero attached hydrogens (tertiary/aromatic N) is 1. The fraction of sp³-hybridized carbons (Fsp3) is 0.500. The monoisotopic (exact) mass is 223 g/mol. The van der Waals surface area contributed by atoms with E-state index in [1.165, 1.54) is 0 Å². The van der Waals surface area contributed by atoms with Gasteiger partial charge in [-0.2, -0.15) is 8.42 Å². The zero-order chi connectivity index (χ0) is 11.6. The molecule has 5 nitrogen and oxygen atoms in total. The van der Waals surface area contributed by atoms with E-state index in [0.717, 1.165) is 13.1 Å². The summed E-state index contributed by atoms with van der Waals surface area (Å²) in [5, 5.41) is 0. The quantitative estimate of drug-likeness (QED) is 0.549. The maximum Gasteiger partial charge on any atom is 0.394 e. The molecule has 0 aliphatic rings. The van der Waals surface area contributed by atoms with Crippen molar-refractivity contribution in [2.75, 3.05) is 20.1 Å². The molecule has 0 unspecified atom stereocenters. The molecule has 0 aromatic rings. The first-order chi connectivity index (χ1) is 6.31. The number of allylic oxidation sites excluding steroid dienone is 1. The molecular formula is C8H17NO4S. The second-order valence-electron chi connectivity index (χ2n) is 2.53. The highest BCUT2D eigenvalue weighted by Gasteiger charge is 1.87. The van der Waals surface area contributed by atoms with Gasteiger partial charge in [-0.05, 0) is 14.0 Å². The van der Waals surface area contributed by atoms with Crippen LogP contribution in [-0.4, -0.2) is 42.6 Å². The minimum absolute atomic E-state index is 0.963. The lowest BCUT2D eigenvalue weighted by Gasteiger charge is -2.09. The van der Waals surface area contributed by atoms with Gasteiger partial charge in [0, 0.05) is 13.1 Å². The first kappa shape index (κ1) is 15.8. The molecule has 0 spiro atoms. The van der Waals surface area contributed by atoms with Crippen LogP contribution in [-0.2, 0) is 10.4 Å². The minimum atomic E-state index is -4.67. The van der Waals surface area contributed by atoms with E-state index in [-0.39, 0.29) is 0 Å². The molecule has 0 aromatic heterocycles. The van der Waals surface area contributed by atoms with Gasteiger partial charge in [-0.15, -0.1) is 6.58 Å². The first-order valence-electron chi connectivity index (χ1n) is 3.91. The number of rotatable bonds is 4. The molecule has 0 amide bonds. The molecule has 0 fully saturated rings. The fourth-order valence-corrected chi connectivity index (χ4v) is 0.580. The zero-order valence-corrected chi connectivity index (χ0v) is 9.24. The van der Waals surface area contributed by atoms with Crippen LogP contribution in [0.5, 0.6) is 0 Å². The third-order valence-corrected chi connectivity index (χ3v) is 1.09. The Bertz CT molecular complexity index is 251. The topological polar surface area (TPSA) is 77.8 Å². The molecule has 0 aliphatic carbocycles. The largest absolute Gasteiger partial charge is 0.394 e. The molecule has 0 bridgehead atoms. The van der Waals surface area contributed by atoms with Crippen LogP contribution in [0.4, 0.5) is 0 Å². The van der Waals surface area contributed by atoms with Gasteiger partial charge in [-0.3, -0.25) is 14.0 Å². The summed E-state index contributed by atoms with van der Waals surface area (Å²) >= 11 is 0. The van der Waals surface area contributed by atoms with Gasteiger partial charge in [0.05, 0.1) is 0 Å². The fourth-order valence-electron chi connectivity index (χ4n) is 0.580. The molecule has 0 saturated carbocycles. The van der Waals surface area contributed by atoms with E-state index in [1.54, 1.807) is 0 Å². The summed E-state index contributed by atoms with van der Waals surface area (Å²) in [6.07, 6.45) is 6.09. The number of hydrogen-bond acceptors (Lipinski definition) is 3. The summed E-state index contributed by atoms with van der Waals surface area (Å²) in [7, 11) is -2.60. The highest BCUT2D eigenvalue weighted by Crippen LogP contribution is 1.82. The van der Waals surface area contributed by atoms with Crippen LogP contribution >= 0.6 is 0 Å². The standard InChI is InChI=1S/C8H15N.H2O4S/c1-4-6-8-9(3)7-5-2;1-5(2,3)4/h4-6H,2,7-8H2,1,3H3;(H2,1,2,3,4). The second kappa shape index (κ2) is 8.89. The molecule has 0 atom stereocenters. The Morgan fingerprint density at radius 3 is 2.07 bits per heavy atom. The molecule has 0 radical (unpaired) electrons. The minimum Gasteiger partial charge on any atom is -0.299 e. The molecular weight excluding hydrogens is 206 g/mol. The average Bonchev–Trinajstić information content (AvgIpc) is 1.98. The summed E-state index contributed by atoms with van der Waals surface area (Å²) in [4.78, 5) is 2.19. The van der Waals surface area contributed by atoms with Crippen molar-refractivity contribution in [2.24, 2.45) is 0 Å². The first-order valence-corrected chi connectivity index (χ1v) is 5.31. The van der Waals surface area contributed by atoms with E-state index in [0.29, 0.717) is 0 Å². The SMILES string of the molecule is C=CCN(C)CC=CC.O=S(=O)(O)O. The van der Waals surface area contributed by atoms with Crippen molar-refractivity contribution in [3.63, 3.8) is 0 Å². The zero-order valence-electron chi connectivity index (χ0n) is 8.42. The van der Waals surface area contributed by atoms with E-state index in [1.807, 2.05) is 13.0 Å². The van der Waals surface area contributed by atoms with Crippen molar-refractivity contribution < 1.29 is 17.5 Å². The van der Waals surface area contributed by atoms with E-state index in [4.69, 9.17) is 17.5 Å². The van der Waals surface area contributed by atoms with Crippen LogP contribution < -0.4 is 0 Å². The van der Waals surface area contributed by atoms with Crippen molar-refractivity contribution in [3.05, 3.63) is 24.8 Å². The van der Waals surface area contributed by atoms with E-state index in [9.17, 15) is 0 Å². The summed E-state index contributed by atoms with van der Waals surface area (Å²) in [5.41, 5.74) is 0. The maximum atomic E-state index is 8.74. The summed E-state index contributed by atoms with van der Waals surface area (Å²) in [6, 6.07) is 0. The van der Waals surface area contributed by atoms with Crippen molar-refractivity contribution in [2.45, 2.75) is 6.92 Å². The Morgan fingerprint density at radius 2 is 1.79 bits per heavy atom. The highest BCUT2D eigenvalue weighted by atomic mass is 32.3. The summed E-state index contributed by atoms with van der Waals surface area (Å²) in [5.74, 6) is 0. The van der Waals surface area contributed by atoms with Gasteiger partial charge in [0.25, 0.3) is 0 Å². The Hall–Kier alpha value is -0.690. The Balaban J connectivity index is 0. The van der Waals surface area contributed by atoms with Gasteiger partial charge in [0.1, 0.15) is 0 Å². The van der Waals surface area contributed by atoms with Crippen LogP contribution in [0.3, 0.4) is 0 Å². The molecule has 84 valence electrons. The van der Waals surface area contributed by atoms with Crippen molar-refractivity contribution in [1.29, 1.82) is 0 Å². The summed E-state index contributed by atoms with van der Waals surface area (Å²) in [6.45, 7) is 7.65. The molecule has 0 heterocycles. The van der Waals surface area contributed by atoms with Gasteiger partial charge >= 0.3 is 10.4 Å². The smallest absolute Gasteiger partial charge is 0.299 e. The molecule has 0 saturated heterocycles. The van der Waals surface area contributed by atoms with Crippen molar-refractivity contribution in [3.8, 4) is 0 Å². The predicted octanol–water partition coefficient (Wildman–Crippen LogP) is 1.03. The second-order valence-corrected chi connectivity index (χ2v) is 3.42. The van der Waals surface area contributed by atoms with E-state index >= 15 is 0 Å². The van der Waals surface area contributed by atoms with Gasteiger partial charge in [0.15, 0.2) is 0 Å². The van der Waals surface area contributed by atoms with Gasteiger partial charge < -0.3 is 0 Å². The highest BCUT2D eigenvalue weighted by molar-refractivity contribution is 7.79. The molecule has 0 aliphatic heterocycles. The Kier molecular flexibility index (Phi) is 10.0. The third kappa shape index (κ3) is 30.2. The lowest BCUT2D eigenvalue weighted by molar-refractivity contribution is 0.381. The third-order valence-electron chi connectivity index (χ3n) is 1.09. The van der Waals surface area contributed by atoms with Crippen molar-refractivity contribution >= 4 is 10.4 Å². The van der Waals surface area contributed by atoms with E-state index < -0.39 is 10.4 Å². The molecule has 6 heteroatoms. The predicted molar refractivity (Wildman–Crippen MR) is 56.7 cm³/mol. The Morgan fingerprint density at radius 1 is 1.36 bits per heavy atom. The number of likely N-dealkylation sites (N-methyl/N-ethyl adjacent to an activating group) is 1. The Labute approximate surface area is 85.3 Å². The molecule has 14 heavy (non-hydrogen) atoms. The van der Waals surface area contributed by atoms with Crippen LogP contribution in [0.1, 0.15) is 6.92 Å². The van der Waals surface area contributed by atoms with Crippen molar-refractivity contribution in [1.82, 2.24) is 4.90 Å². The molecule has 0 aromatic carbocycles. The van der Waals surface area contributed by atoms with Gasteiger partial charge in [0.2, 0.25) is 0 Å². The average molecular weight is 223 g/mol. The lowest BCUT2D eigenvalue weighted by atomic mass is 10.4. The van der Waals surface area contributed by atoms with Crippen LogP contribution in [0.2, 0.25) is 0 Å². The summed E-state index contributed by atoms with van der Waals surface area (Å²) < 4.78 is 31.6. The maximum absolute atomic E-state index is 8.74. The van der Waals surface area contributed by atoms with E-state index in [2.05, 4.69) is 30.7 Å². The van der Waals surface area contributed by atoms with Crippen LogP contribution in [0, 0.1) is 0 Å². The van der Waals surface area contributed by atoms with Crippen LogP contribution in [0.15, 0.2) is 24.8 Å². The number of hydrogen-bond donors (Lipinski definition) is 2. The van der Waals surface area contributed by atoms with Gasteiger partial charge in [-0.1, -0.05) is 18.2 Å².